The summed E-state index contributed by atoms with van der Waals surface area (Å²) in [6.45, 7) is 4.58. The number of aryl methyl sites for hydroxylation is 2. The van der Waals surface area contributed by atoms with E-state index in [9.17, 15) is 4.79 Å². The van der Waals surface area contributed by atoms with Gasteiger partial charge in [0, 0.05) is 20.9 Å². The Kier molecular flexibility index (Phi) is 8.59. The van der Waals surface area contributed by atoms with Crippen molar-refractivity contribution in [3.8, 4) is 11.5 Å². The minimum atomic E-state index is -0.204. The van der Waals surface area contributed by atoms with Crippen LogP contribution >= 0.6 is 31.9 Å². The number of hydrogen-bond acceptors (Lipinski definition) is 5. The highest BCUT2D eigenvalue weighted by atomic mass is 79.9. The molecule has 0 fully saturated rings. The Bertz CT molecular complexity index is 1480. The Morgan fingerprint density at radius 3 is 2.67 bits per heavy atom. The van der Waals surface area contributed by atoms with Gasteiger partial charge in [-0.1, -0.05) is 59.1 Å². The highest BCUT2D eigenvalue weighted by Crippen LogP contribution is 2.33. The summed E-state index contributed by atoms with van der Waals surface area (Å²) in [4.78, 5) is 18.1. The number of rotatable bonds is 9. The zero-order chi connectivity index (χ0) is 25.7. The topological polar surface area (TPSA) is 65.7 Å². The van der Waals surface area contributed by atoms with Crippen LogP contribution < -0.4 is 15.0 Å². The van der Waals surface area contributed by atoms with E-state index in [1.807, 2.05) is 36.4 Å². The van der Waals surface area contributed by atoms with Crippen LogP contribution in [0.4, 0.5) is 0 Å². The first-order chi connectivity index (χ1) is 17.4. The Morgan fingerprint density at radius 2 is 1.92 bits per heavy atom. The van der Waals surface area contributed by atoms with Crippen molar-refractivity contribution in [2.75, 3.05) is 7.11 Å². The quantitative estimate of drug-likeness (QED) is 0.190. The van der Waals surface area contributed by atoms with Crippen LogP contribution in [0.3, 0.4) is 0 Å². The summed E-state index contributed by atoms with van der Waals surface area (Å²) < 4.78 is 14.6. The van der Waals surface area contributed by atoms with Gasteiger partial charge in [-0.3, -0.25) is 4.79 Å². The number of halogens is 2. The van der Waals surface area contributed by atoms with Gasteiger partial charge >= 0.3 is 0 Å². The summed E-state index contributed by atoms with van der Waals surface area (Å²) in [5.74, 6) is 1.82. The average molecular weight is 613 g/mol. The molecule has 1 heterocycles. The fraction of sp³-hybridized carbons (Fsp3) is 0.250. The molecule has 0 aliphatic rings. The lowest BCUT2D eigenvalue weighted by atomic mass is 10.1. The molecule has 0 atom stereocenters. The molecule has 0 saturated carbocycles. The molecular weight excluding hydrogens is 586 g/mol. The summed E-state index contributed by atoms with van der Waals surface area (Å²) in [7, 11) is 1.60. The molecule has 6 nitrogen and oxygen atoms in total. The molecule has 4 aromatic rings. The maximum Gasteiger partial charge on any atom is 0.282 e. The number of fused-ring (bicyclic) bond motifs is 1. The molecule has 0 aliphatic carbocycles. The van der Waals surface area contributed by atoms with Gasteiger partial charge in [0.15, 0.2) is 11.5 Å². The normalized spacial score (nSPS) is 11.4. The Hall–Kier alpha value is -2.97. The fourth-order valence-corrected chi connectivity index (χ4v) is 4.60. The van der Waals surface area contributed by atoms with Crippen molar-refractivity contribution < 1.29 is 9.47 Å². The molecule has 3 aromatic carbocycles. The molecule has 4 rings (SSSR count). The van der Waals surface area contributed by atoms with Gasteiger partial charge in [-0.15, -0.1) is 0 Å². The molecule has 0 amide bonds. The number of aromatic nitrogens is 2. The smallest absolute Gasteiger partial charge is 0.282 e. The number of methoxy groups -OCH3 is 1. The zero-order valence-electron chi connectivity index (χ0n) is 20.4. The second-order valence-corrected chi connectivity index (χ2v) is 10.2. The first-order valence-corrected chi connectivity index (χ1v) is 13.3. The van der Waals surface area contributed by atoms with E-state index in [1.54, 1.807) is 19.4 Å². The summed E-state index contributed by atoms with van der Waals surface area (Å²) in [6.07, 6.45) is 4.20. The van der Waals surface area contributed by atoms with Crippen LogP contribution in [-0.2, 0) is 13.0 Å². The van der Waals surface area contributed by atoms with Crippen molar-refractivity contribution >= 4 is 49.0 Å². The molecule has 8 heteroatoms. The van der Waals surface area contributed by atoms with E-state index >= 15 is 0 Å². The maximum absolute atomic E-state index is 13.3. The monoisotopic (exact) mass is 611 g/mol. The molecule has 0 aliphatic heterocycles. The molecule has 1 aromatic heterocycles. The molecule has 0 N–H and O–H groups in total. The molecule has 0 bridgehead atoms. The van der Waals surface area contributed by atoms with E-state index in [0.717, 1.165) is 32.9 Å². The predicted molar refractivity (Wildman–Crippen MR) is 152 cm³/mol. The van der Waals surface area contributed by atoms with Crippen molar-refractivity contribution in [2.24, 2.45) is 5.10 Å². The maximum atomic E-state index is 13.3. The molecule has 36 heavy (non-hydrogen) atoms. The third-order valence-corrected chi connectivity index (χ3v) is 6.88. The first kappa shape index (κ1) is 26.1. The van der Waals surface area contributed by atoms with Gasteiger partial charge in [0.2, 0.25) is 0 Å². The average Bonchev–Trinajstić information content (AvgIpc) is 2.87. The number of nitrogens with zero attached hydrogens (tertiary/aromatic N) is 3. The van der Waals surface area contributed by atoms with Crippen molar-refractivity contribution in [3.63, 3.8) is 0 Å². The van der Waals surface area contributed by atoms with E-state index in [1.165, 1.54) is 10.2 Å². The summed E-state index contributed by atoms with van der Waals surface area (Å²) >= 11 is 7.06. The number of unbranched alkanes of at least 4 members (excludes halogenated alkanes) is 1. The molecule has 0 spiro atoms. The molecular formula is C28H27Br2N3O3. The Balaban J connectivity index is 1.67. The van der Waals surface area contributed by atoms with Gasteiger partial charge in [0.05, 0.1) is 24.2 Å². The van der Waals surface area contributed by atoms with Crippen LogP contribution in [0, 0.1) is 6.92 Å². The number of hydrogen-bond donors (Lipinski definition) is 0. The number of benzene rings is 3. The van der Waals surface area contributed by atoms with E-state index in [-0.39, 0.29) is 5.56 Å². The Labute approximate surface area is 227 Å². The SMILES string of the molecule is CCCCc1nc2ccc(Br)cc2c(=O)n1N=Cc1cc(OC)c(OCc2cccc(C)c2)cc1Br. The molecule has 186 valence electrons. The predicted octanol–water partition coefficient (Wildman–Crippen LogP) is 7.04. The lowest BCUT2D eigenvalue weighted by Crippen LogP contribution is -2.22. The minimum absolute atomic E-state index is 0.204. The van der Waals surface area contributed by atoms with Gasteiger partial charge in [0.25, 0.3) is 5.56 Å². The summed E-state index contributed by atoms with van der Waals surface area (Å²) in [6, 6.07) is 17.4. The van der Waals surface area contributed by atoms with Crippen LogP contribution in [0.25, 0.3) is 10.9 Å². The standard InChI is InChI=1S/C28H27Br2N3O3/c1-4-5-9-27-32-24-11-10-21(29)14-22(24)28(34)33(27)31-16-20-13-25(35-3)26(15-23(20)30)36-17-19-8-6-7-18(2)12-19/h6-8,10-16H,4-5,9,17H2,1-3H3. The third-order valence-electron chi connectivity index (χ3n) is 5.70. The summed E-state index contributed by atoms with van der Waals surface area (Å²) in [5.41, 5.74) is 3.47. The first-order valence-electron chi connectivity index (χ1n) is 11.7. The largest absolute Gasteiger partial charge is 0.493 e. The second-order valence-electron chi connectivity index (χ2n) is 8.46. The van der Waals surface area contributed by atoms with Crippen molar-refractivity contribution in [2.45, 2.75) is 39.7 Å². The van der Waals surface area contributed by atoms with E-state index < -0.39 is 0 Å². The lowest BCUT2D eigenvalue weighted by molar-refractivity contribution is 0.284. The minimum Gasteiger partial charge on any atom is -0.493 e. The zero-order valence-corrected chi connectivity index (χ0v) is 23.6. The molecule has 0 saturated heterocycles. The van der Waals surface area contributed by atoms with Crippen LogP contribution in [0.5, 0.6) is 11.5 Å². The van der Waals surface area contributed by atoms with E-state index in [4.69, 9.17) is 14.5 Å². The van der Waals surface area contributed by atoms with Crippen molar-refractivity contribution in [3.05, 3.63) is 96.4 Å². The van der Waals surface area contributed by atoms with Crippen LogP contribution in [0.15, 0.2) is 73.4 Å². The van der Waals surface area contributed by atoms with Gasteiger partial charge in [0.1, 0.15) is 12.4 Å². The molecule has 0 radical (unpaired) electrons. The Morgan fingerprint density at radius 1 is 1.08 bits per heavy atom. The fourth-order valence-electron chi connectivity index (χ4n) is 3.82. The van der Waals surface area contributed by atoms with Crippen LogP contribution in [0.1, 0.15) is 42.3 Å². The summed E-state index contributed by atoms with van der Waals surface area (Å²) in [5, 5.41) is 5.07. The van der Waals surface area contributed by atoms with Gasteiger partial charge in [-0.25, -0.2) is 4.98 Å². The van der Waals surface area contributed by atoms with Crippen LogP contribution in [-0.4, -0.2) is 23.0 Å². The highest BCUT2D eigenvalue weighted by molar-refractivity contribution is 9.10. The van der Waals surface area contributed by atoms with E-state index in [2.05, 4.69) is 62.9 Å². The highest BCUT2D eigenvalue weighted by Gasteiger charge is 2.13. The van der Waals surface area contributed by atoms with Gasteiger partial charge in [-0.2, -0.15) is 9.78 Å². The molecule has 0 unspecified atom stereocenters. The lowest BCUT2D eigenvalue weighted by Gasteiger charge is -2.13. The van der Waals surface area contributed by atoms with Crippen molar-refractivity contribution in [1.29, 1.82) is 0 Å². The number of ether oxygens (including phenoxy) is 2. The van der Waals surface area contributed by atoms with E-state index in [0.29, 0.717) is 41.3 Å². The second kappa shape index (κ2) is 11.8. The van der Waals surface area contributed by atoms with Crippen molar-refractivity contribution in [1.82, 2.24) is 9.66 Å². The van der Waals surface area contributed by atoms with Crippen LogP contribution in [0.2, 0.25) is 0 Å². The third kappa shape index (κ3) is 6.05. The van der Waals surface area contributed by atoms with Gasteiger partial charge < -0.3 is 9.47 Å². The van der Waals surface area contributed by atoms with Gasteiger partial charge in [-0.05, 0) is 65.2 Å².